The molecule has 4 rings (SSSR count). The maximum atomic E-state index is 9.68. The van der Waals surface area contributed by atoms with Crippen LogP contribution >= 0.6 is 0 Å². The summed E-state index contributed by atoms with van der Waals surface area (Å²) in [4.78, 5) is 0. The van der Waals surface area contributed by atoms with E-state index in [1.54, 1.807) is 11.1 Å². The van der Waals surface area contributed by atoms with Gasteiger partial charge in [-0.25, -0.2) is 0 Å². The largest absolute Gasteiger partial charge is 0.508 e. The van der Waals surface area contributed by atoms with Crippen molar-refractivity contribution >= 4 is 10.8 Å². The van der Waals surface area contributed by atoms with Crippen molar-refractivity contribution in [2.45, 2.75) is 45.4 Å². The molecule has 1 saturated carbocycles. The monoisotopic (exact) mass is 278 g/mol. The van der Waals surface area contributed by atoms with Gasteiger partial charge < -0.3 is 5.11 Å². The molecular weight excluding hydrogens is 256 g/mol. The van der Waals surface area contributed by atoms with Gasteiger partial charge in [-0.1, -0.05) is 36.8 Å². The minimum Gasteiger partial charge on any atom is -0.508 e. The highest BCUT2D eigenvalue weighted by atomic mass is 16.3. The van der Waals surface area contributed by atoms with Gasteiger partial charge in [-0.05, 0) is 78.0 Å². The zero-order valence-electron chi connectivity index (χ0n) is 12.8. The van der Waals surface area contributed by atoms with Crippen LogP contribution in [0.25, 0.3) is 10.8 Å². The molecule has 2 aliphatic carbocycles. The molecule has 0 saturated heterocycles. The Kier molecular flexibility index (Phi) is 2.69. The van der Waals surface area contributed by atoms with Gasteiger partial charge in [0.05, 0.1) is 0 Å². The number of phenols is 1. The molecule has 21 heavy (non-hydrogen) atoms. The van der Waals surface area contributed by atoms with Crippen molar-refractivity contribution in [1.29, 1.82) is 0 Å². The van der Waals surface area contributed by atoms with Crippen molar-refractivity contribution in [2.75, 3.05) is 0 Å². The third-order valence-corrected chi connectivity index (χ3v) is 5.97. The zero-order valence-corrected chi connectivity index (χ0v) is 12.8. The van der Waals surface area contributed by atoms with Crippen LogP contribution in [0, 0.1) is 5.41 Å². The van der Waals surface area contributed by atoms with E-state index in [-0.39, 0.29) is 0 Å². The van der Waals surface area contributed by atoms with Crippen molar-refractivity contribution in [2.24, 2.45) is 5.41 Å². The van der Waals surface area contributed by atoms with Gasteiger partial charge in [0.2, 0.25) is 0 Å². The van der Waals surface area contributed by atoms with Crippen LogP contribution in [0.15, 0.2) is 42.0 Å². The fourth-order valence-electron chi connectivity index (χ4n) is 4.82. The summed E-state index contributed by atoms with van der Waals surface area (Å²) < 4.78 is 0. The van der Waals surface area contributed by atoms with E-state index >= 15 is 0 Å². The van der Waals surface area contributed by atoms with Gasteiger partial charge in [0, 0.05) is 0 Å². The van der Waals surface area contributed by atoms with Gasteiger partial charge in [0.1, 0.15) is 5.75 Å². The summed E-state index contributed by atoms with van der Waals surface area (Å²) in [7, 11) is 0. The lowest BCUT2D eigenvalue weighted by molar-refractivity contribution is 0.307. The molecular formula is C20H22O. The summed E-state index contributed by atoms with van der Waals surface area (Å²) in [6.07, 6.45) is 7.30. The number of hydrogen-bond acceptors (Lipinski definition) is 1. The first-order valence-electron chi connectivity index (χ1n) is 8.03. The number of allylic oxidation sites excluding steroid dienone is 2. The number of benzene rings is 2. The first-order chi connectivity index (χ1) is 10.1. The summed E-state index contributed by atoms with van der Waals surface area (Å²) in [5.74, 6) is 1.03. The van der Waals surface area contributed by atoms with E-state index in [9.17, 15) is 5.11 Å². The van der Waals surface area contributed by atoms with Crippen molar-refractivity contribution in [3.8, 4) is 5.75 Å². The summed E-state index contributed by atoms with van der Waals surface area (Å²) >= 11 is 0. The highest BCUT2D eigenvalue weighted by Gasteiger charge is 2.45. The molecule has 0 aromatic heterocycles. The Morgan fingerprint density at radius 2 is 2.05 bits per heavy atom. The summed E-state index contributed by atoms with van der Waals surface area (Å²) in [5.41, 5.74) is 5.10. The van der Waals surface area contributed by atoms with Gasteiger partial charge in [-0.3, -0.25) is 0 Å². The Morgan fingerprint density at radius 3 is 2.86 bits per heavy atom. The molecule has 0 amide bonds. The van der Waals surface area contributed by atoms with Gasteiger partial charge >= 0.3 is 0 Å². The Bertz CT molecular complexity index is 756. The fourth-order valence-corrected chi connectivity index (χ4v) is 4.82. The third kappa shape index (κ3) is 1.70. The van der Waals surface area contributed by atoms with Crippen molar-refractivity contribution in [3.63, 3.8) is 0 Å². The molecule has 0 heterocycles. The summed E-state index contributed by atoms with van der Waals surface area (Å²) in [6, 6.07) is 10.3. The molecule has 1 fully saturated rings. The second kappa shape index (κ2) is 4.37. The molecule has 2 atom stereocenters. The smallest absolute Gasteiger partial charge is 0.116 e. The molecule has 0 radical (unpaired) electrons. The van der Waals surface area contributed by atoms with E-state index in [4.69, 9.17) is 0 Å². The van der Waals surface area contributed by atoms with Gasteiger partial charge in [-0.15, -0.1) is 0 Å². The Balaban J connectivity index is 1.92. The van der Waals surface area contributed by atoms with Crippen LogP contribution in [0.2, 0.25) is 0 Å². The zero-order chi connectivity index (χ0) is 14.6. The Labute approximate surface area is 126 Å². The average molecular weight is 278 g/mol. The van der Waals surface area contributed by atoms with E-state index in [0.29, 0.717) is 17.1 Å². The lowest BCUT2D eigenvalue weighted by Crippen LogP contribution is -2.28. The molecule has 2 aliphatic rings. The first-order valence-corrected chi connectivity index (χ1v) is 8.03. The molecule has 1 N–H and O–H groups in total. The summed E-state index contributed by atoms with van der Waals surface area (Å²) in [6.45, 7) is 4.66. The van der Waals surface area contributed by atoms with Gasteiger partial charge in [0.15, 0.2) is 0 Å². The molecule has 1 heteroatoms. The Hall–Kier alpha value is -1.76. The SMILES string of the molecule is C/C=C1/CCC2c3ccc4cc(O)ccc4c3CCC12C. The molecule has 0 aliphatic heterocycles. The fraction of sp³-hybridized carbons (Fsp3) is 0.400. The normalized spacial score (nSPS) is 29.6. The topological polar surface area (TPSA) is 20.2 Å². The first kappa shape index (κ1) is 12.9. The van der Waals surface area contributed by atoms with Crippen LogP contribution < -0.4 is 0 Å². The third-order valence-electron chi connectivity index (χ3n) is 5.97. The quantitative estimate of drug-likeness (QED) is 0.646. The molecule has 1 nitrogen and oxygen atoms in total. The second-order valence-electron chi connectivity index (χ2n) is 6.86. The lowest BCUT2D eigenvalue weighted by atomic mass is 9.65. The predicted molar refractivity (Wildman–Crippen MR) is 87.8 cm³/mol. The maximum Gasteiger partial charge on any atom is 0.116 e. The van der Waals surface area contributed by atoms with Crippen molar-refractivity contribution < 1.29 is 5.11 Å². The minimum absolute atomic E-state index is 0.361. The number of rotatable bonds is 0. The van der Waals surface area contributed by atoms with E-state index in [0.717, 1.165) is 6.42 Å². The number of aromatic hydroxyl groups is 1. The van der Waals surface area contributed by atoms with Gasteiger partial charge in [-0.2, -0.15) is 0 Å². The standard InChI is InChI=1S/C20H22O/c1-3-14-5-9-19-18-7-4-13-12-15(21)6-8-16(13)17(18)10-11-20(14,19)2/h3-4,6-8,12,19,21H,5,9-11H2,1-2H3/b14-3-. The average Bonchev–Trinajstić information content (AvgIpc) is 2.83. The van der Waals surface area contributed by atoms with E-state index in [2.05, 4.69) is 38.1 Å². The van der Waals surface area contributed by atoms with Crippen molar-refractivity contribution in [3.05, 3.63) is 53.1 Å². The van der Waals surface area contributed by atoms with Crippen LogP contribution in [0.3, 0.4) is 0 Å². The van der Waals surface area contributed by atoms with Crippen LogP contribution in [0.4, 0.5) is 0 Å². The highest BCUT2D eigenvalue weighted by Crippen LogP contribution is 2.58. The number of hydrogen-bond donors (Lipinski definition) is 1. The van der Waals surface area contributed by atoms with E-state index in [1.165, 1.54) is 35.6 Å². The van der Waals surface area contributed by atoms with E-state index in [1.807, 2.05) is 12.1 Å². The lowest BCUT2D eigenvalue weighted by Gasteiger charge is -2.39. The molecule has 0 bridgehead atoms. The predicted octanol–water partition coefficient (Wildman–Crippen LogP) is 5.32. The second-order valence-corrected chi connectivity index (χ2v) is 6.86. The molecule has 0 spiro atoms. The van der Waals surface area contributed by atoms with Crippen LogP contribution in [0.5, 0.6) is 5.75 Å². The number of aryl methyl sites for hydroxylation is 1. The van der Waals surface area contributed by atoms with Gasteiger partial charge in [0.25, 0.3) is 0 Å². The van der Waals surface area contributed by atoms with Crippen LogP contribution in [-0.4, -0.2) is 5.11 Å². The van der Waals surface area contributed by atoms with E-state index < -0.39 is 0 Å². The maximum absolute atomic E-state index is 9.68. The Morgan fingerprint density at radius 1 is 1.19 bits per heavy atom. The van der Waals surface area contributed by atoms with Crippen LogP contribution in [0.1, 0.15) is 50.2 Å². The van der Waals surface area contributed by atoms with Crippen molar-refractivity contribution in [1.82, 2.24) is 0 Å². The minimum atomic E-state index is 0.361. The molecule has 2 aromatic rings. The van der Waals surface area contributed by atoms with Crippen LogP contribution in [-0.2, 0) is 6.42 Å². The highest BCUT2D eigenvalue weighted by molar-refractivity contribution is 5.88. The molecule has 2 aromatic carbocycles. The summed E-state index contributed by atoms with van der Waals surface area (Å²) in [5, 5.41) is 12.2. The molecule has 2 unspecified atom stereocenters. The number of fused-ring (bicyclic) bond motifs is 5. The number of phenolic OH excluding ortho intramolecular Hbond substituents is 1. The molecule has 108 valence electrons.